The highest BCUT2D eigenvalue weighted by molar-refractivity contribution is 7.25. The molecule has 3 aromatic heterocycles. The van der Waals surface area contributed by atoms with Gasteiger partial charge in [-0.15, -0.1) is 11.3 Å². The van der Waals surface area contributed by atoms with Gasteiger partial charge in [-0.1, -0.05) is 140 Å². The van der Waals surface area contributed by atoms with E-state index in [9.17, 15) is 0 Å². The van der Waals surface area contributed by atoms with Gasteiger partial charge in [-0.3, -0.25) is 0 Å². The molecule has 0 saturated carbocycles. The molecule has 0 radical (unpaired) electrons. The molecule has 0 saturated heterocycles. The van der Waals surface area contributed by atoms with Crippen LogP contribution in [0.5, 0.6) is 0 Å². The molecule has 0 amide bonds. The van der Waals surface area contributed by atoms with Gasteiger partial charge in [0, 0.05) is 58.7 Å². The van der Waals surface area contributed by atoms with Crippen molar-refractivity contribution in [2.45, 2.75) is 18.3 Å². The van der Waals surface area contributed by atoms with Gasteiger partial charge in [0.05, 0.1) is 27.7 Å². The molecule has 1 unspecified atom stereocenters. The molecule has 0 fully saturated rings. The Morgan fingerprint density at radius 2 is 1.17 bits per heavy atom. The molecule has 14 rings (SSSR count). The van der Waals surface area contributed by atoms with Gasteiger partial charge in [0.15, 0.2) is 0 Å². The van der Waals surface area contributed by atoms with Gasteiger partial charge in [0.2, 0.25) is 0 Å². The Hall–Kier alpha value is -6.94. The van der Waals surface area contributed by atoms with Crippen molar-refractivity contribution in [3.05, 3.63) is 210 Å². The average molecular weight is 755 g/mol. The summed E-state index contributed by atoms with van der Waals surface area (Å²) >= 11 is 1.88. The van der Waals surface area contributed by atoms with E-state index in [1.165, 1.54) is 108 Å². The number of hydrogen-bond acceptors (Lipinski definition) is 2. The number of benzene rings is 8. The van der Waals surface area contributed by atoms with Crippen LogP contribution in [0.3, 0.4) is 0 Å². The van der Waals surface area contributed by atoms with E-state index in [2.05, 4.69) is 191 Å². The Bertz CT molecular complexity index is 3640. The first-order valence-electron chi connectivity index (χ1n) is 20.4. The van der Waals surface area contributed by atoms with Gasteiger partial charge in [0.25, 0.3) is 0 Å². The van der Waals surface area contributed by atoms with E-state index in [0.29, 0.717) is 0 Å². The summed E-state index contributed by atoms with van der Waals surface area (Å²) < 4.78 is 5.25. The molecule has 0 aliphatic heterocycles. The Kier molecular flexibility index (Phi) is 5.98. The van der Waals surface area contributed by atoms with E-state index in [4.69, 9.17) is 0 Å². The first kappa shape index (κ1) is 31.2. The van der Waals surface area contributed by atoms with Crippen LogP contribution in [0, 0.1) is 0 Å². The van der Waals surface area contributed by atoms with Crippen LogP contribution in [0.25, 0.3) is 75.0 Å². The Labute approximate surface area is 339 Å². The molecule has 0 N–H and O–H groups in total. The lowest BCUT2D eigenvalue weighted by Gasteiger charge is -2.31. The van der Waals surface area contributed by atoms with Gasteiger partial charge in [-0.2, -0.15) is 0 Å². The summed E-state index contributed by atoms with van der Waals surface area (Å²) in [5.41, 5.74) is 18.1. The number of rotatable bonds is 3. The van der Waals surface area contributed by atoms with Crippen LogP contribution in [0.4, 0.5) is 17.1 Å². The second-order valence-corrected chi connectivity index (χ2v) is 17.3. The van der Waals surface area contributed by atoms with Crippen molar-refractivity contribution in [2.75, 3.05) is 4.90 Å². The normalized spacial score (nSPS) is 16.8. The van der Waals surface area contributed by atoms with E-state index in [1.807, 2.05) is 11.3 Å². The van der Waals surface area contributed by atoms with Gasteiger partial charge in [-0.25, -0.2) is 0 Å². The highest BCUT2D eigenvalue weighted by Gasteiger charge is 2.54. The number of thiophene rings is 1. The minimum atomic E-state index is -0.362. The molecule has 58 heavy (non-hydrogen) atoms. The number of aromatic nitrogens is 1. The molecule has 3 heterocycles. The van der Waals surface area contributed by atoms with Crippen LogP contribution in [0.2, 0.25) is 0 Å². The summed E-state index contributed by atoms with van der Waals surface area (Å²) in [6.07, 6.45) is 7.20. The molecule has 270 valence electrons. The third-order valence-corrected chi connectivity index (χ3v) is 14.7. The smallest absolute Gasteiger partial charge is 0.0723 e. The summed E-state index contributed by atoms with van der Waals surface area (Å²) in [5, 5.41) is 7.79. The fourth-order valence-corrected chi connectivity index (χ4v) is 12.6. The zero-order valence-electron chi connectivity index (χ0n) is 31.5. The van der Waals surface area contributed by atoms with E-state index >= 15 is 0 Å². The van der Waals surface area contributed by atoms with Crippen LogP contribution in [-0.2, 0) is 5.41 Å². The van der Waals surface area contributed by atoms with Gasteiger partial charge in [0.1, 0.15) is 0 Å². The molecular weight excluding hydrogens is 721 g/mol. The molecule has 1 spiro atoms. The first-order chi connectivity index (χ1) is 28.8. The lowest BCUT2D eigenvalue weighted by atomic mass is 9.69. The van der Waals surface area contributed by atoms with Crippen molar-refractivity contribution in [2.24, 2.45) is 0 Å². The van der Waals surface area contributed by atoms with Crippen molar-refractivity contribution < 1.29 is 0 Å². The standard InChI is InChI=1S/C55H34N2S/c1-2-14-33(15-3-1)56(34-26-27-39-38-19-8-13-25-49(38)58-50(39)32-34)48-31-29-40-37-18-7-12-24-47(37)57-53(40)52(48)42-28-30-46-51(54(42)57)41-20-6-11-23-45(41)55(46)43-21-9-4-16-35(43)36-17-5-10-22-44(36)55/h1-4,6-9,11-32H,5,10H2. The van der Waals surface area contributed by atoms with Crippen molar-refractivity contribution in [3.63, 3.8) is 0 Å². The third-order valence-electron chi connectivity index (χ3n) is 13.5. The predicted octanol–water partition coefficient (Wildman–Crippen LogP) is 15.1. The van der Waals surface area contributed by atoms with Crippen LogP contribution >= 0.6 is 11.3 Å². The highest BCUT2D eigenvalue weighted by atomic mass is 32.1. The highest BCUT2D eigenvalue weighted by Crippen LogP contribution is 2.66. The lowest BCUT2D eigenvalue weighted by Crippen LogP contribution is -2.26. The van der Waals surface area contributed by atoms with E-state index in [-0.39, 0.29) is 5.41 Å². The number of hydrogen-bond donors (Lipinski definition) is 0. The molecular formula is C55H34N2S. The summed E-state index contributed by atoms with van der Waals surface area (Å²) in [6, 6.07) is 64.0. The number of nitrogens with zero attached hydrogens (tertiary/aromatic N) is 2. The zero-order valence-corrected chi connectivity index (χ0v) is 32.4. The molecule has 0 bridgehead atoms. The Balaban J connectivity index is 1.13. The van der Waals surface area contributed by atoms with Gasteiger partial charge in [-0.05, 0) is 94.3 Å². The van der Waals surface area contributed by atoms with Crippen molar-refractivity contribution in [1.29, 1.82) is 0 Å². The quantitative estimate of drug-likeness (QED) is 0.174. The molecule has 1 atom stereocenters. The maximum Gasteiger partial charge on any atom is 0.0723 e. The zero-order chi connectivity index (χ0) is 37.7. The van der Waals surface area contributed by atoms with Crippen LogP contribution < -0.4 is 4.90 Å². The summed E-state index contributed by atoms with van der Waals surface area (Å²) in [5.74, 6) is 0. The van der Waals surface area contributed by atoms with Crippen molar-refractivity contribution in [3.8, 4) is 11.1 Å². The minimum absolute atomic E-state index is 0.362. The van der Waals surface area contributed by atoms with Gasteiger partial charge < -0.3 is 9.30 Å². The lowest BCUT2D eigenvalue weighted by molar-refractivity contribution is 0.782. The second kappa shape index (κ2) is 11.1. The Morgan fingerprint density at radius 1 is 0.483 bits per heavy atom. The second-order valence-electron chi connectivity index (χ2n) is 16.2. The largest absolute Gasteiger partial charge is 0.310 e. The molecule has 11 aromatic rings. The van der Waals surface area contributed by atoms with Crippen LogP contribution in [0.1, 0.15) is 35.1 Å². The minimum Gasteiger partial charge on any atom is -0.310 e. The van der Waals surface area contributed by atoms with Crippen LogP contribution in [0.15, 0.2) is 188 Å². The van der Waals surface area contributed by atoms with E-state index in [1.54, 1.807) is 0 Å². The SMILES string of the molecule is C1=C2C(=CCC1)C1(c3ccccc32)c2ccccc2-c2c1ccc1c3c(N(c4ccccc4)c4ccc5c(c4)sc4ccccc45)ccc4c5ccccc5n(c21)c43. The molecule has 3 aliphatic rings. The maximum absolute atomic E-state index is 2.62. The first-order valence-corrected chi connectivity index (χ1v) is 21.2. The topological polar surface area (TPSA) is 7.65 Å². The average Bonchev–Trinajstić information content (AvgIpc) is 4.07. The van der Waals surface area contributed by atoms with Gasteiger partial charge >= 0.3 is 0 Å². The monoisotopic (exact) mass is 754 g/mol. The number of anilines is 3. The van der Waals surface area contributed by atoms with Crippen LogP contribution in [-0.4, -0.2) is 4.40 Å². The molecule has 3 aliphatic carbocycles. The van der Waals surface area contributed by atoms with E-state index < -0.39 is 0 Å². The number of para-hydroxylation sites is 2. The molecule has 2 nitrogen and oxygen atoms in total. The predicted molar refractivity (Wildman–Crippen MR) is 246 cm³/mol. The fraction of sp³-hybridized carbons (Fsp3) is 0.0545. The Morgan fingerprint density at radius 3 is 2.07 bits per heavy atom. The summed E-state index contributed by atoms with van der Waals surface area (Å²) in [7, 11) is 0. The summed E-state index contributed by atoms with van der Waals surface area (Å²) in [4.78, 5) is 2.50. The third kappa shape index (κ3) is 3.70. The fourth-order valence-electron chi connectivity index (χ4n) is 11.4. The molecule has 8 aromatic carbocycles. The molecule has 3 heteroatoms. The van der Waals surface area contributed by atoms with Crippen molar-refractivity contribution in [1.82, 2.24) is 4.40 Å². The maximum atomic E-state index is 2.62. The summed E-state index contributed by atoms with van der Waals surface area (Å²) in [6.45, 7) is 0. The number of fused-ring (bicyclic) bond motifs is 20. The van der Waals surface area contributed by atoms with Crippen molar-refractivity contribution >= 4 is 92.2 Å². The number of allylic oxidation sites excluding steroid dienone is 4. The van der Waals surface area contributed by atoms with E-state index in [0.717, 1.165) is 24.2 Å².